The summed E-state index contributed by atoms with van der Waals surface area (Å²) in [4.78, 5) is 13.8. The fourth-order valence-electron chi connectivity index (χ4n) is 2.34. The molecule has 1 amide bonds. The van der Waals surface area contributed by atoms with Crippen molar-refractivity contribution in [1.82, 2.24) is 4.90 Å². The lowest BCUT2D eigenvalue weighted by Crippen LogP contribution is -2.43. The maximum Gasteiger partial charge on any atom is 0.238 e. The second-order valence-electron chi connectivity index (χ2n) is 5.23. The Kier molecular flexibility index (Phi) is 4.67. The van der Waals surface area contributed by atoms with E-state index in [0.717, 1.165) is 25.0 Å². The van der Waals surface area contributed by atoms with Crippen molar-refractivity contribution < 1.29 is 13.6 Å². The van der Waals surface area contributed by atoms with Crippen molar-refractivity contribution in [2.45, 2.75) is 18.9 Å². The van der Waals surface area contributed by atoms with Gasteiger partial charge in [-0.15, -0.1) is 0 Å². The third kappa shape index (κ3) is 3.74. The van der Waals surface area contributed by atoms with Gasteiger partial charge in [0, 0.05) is 18.7 Å². The van der Waals surface area contributed by atoms with Gasteiger partial charge >= 0.3 is 0 Å². The van der Waals surface area contributed by atoms with Crippen LogP contribution in [0.1, 0.15) is 12.8 Å². The van der Waals surface area contributed by atoms with Crippen LogP contribution in [0.3, 0.4) is 0 Å². The highest BCUT2D eigenvalue weighted by Gasteiger charge is 2.33. The van der Waals surface area contributed by atoms with Crippen molar-refractivity contribution >= 4 is 11.6 Å². The summed E-state index contributed by atoms with van der Waals surface area (Å²) in [5.41, 5.74) is 5.70. The van der Waals surface area contributed by atoms with Crippen molar-refractivity contribution in [1.29, 1.82) is 0 Å². The standard InChI is InChI=1S/C14H19F2N3O/c1-19(13(7-17)9-2-3-9)8-14(20)18-12-5-4-10(15)6-11(12)16/h4-6,9,13H,2-3,7-8,17H2,1H3,(H,18,20). The molecule has 0 radical (unpaired) electrons. The van der Waals surface area contributed by atoms with Gasteiger partial charge in [0.1, 0.15) is 11.6 Å². The molecule has 1 atom stereocenters. The van der Waals surface area contributed by atoms with Gasteiger partial charge in [-0.05, 0) is 37.9 Å². The minimum absolute atomic E-state index is 0.0134. The van der Waals surface area contributed by atoms with E-state index in [2.05, 4.69) is 5.32 Å². The van der Waals surface area contributed by atoms with E-state index in [-0.39, 0.29) is 24.2 Å². The summed E-state index contributed by atoms with van der Waals surface area (Å²) < 4.78 is 26.2. The number of nitrogens with two attached hydrogens (primary N) is 1. The molecule has 1 aromatic carbocycles. The summed E-state index contributed by atoms with van der Waals surface area (Å²) in [5.74, 6) is -1.23. The predicted molar refractivity (Wildman–Crippen MR) is 73.2 cm³/mol. The molecule has 20 heavy (non-hydrogen) atoms. The van der Waals surface area contributed by atoms with Crippen molar-refractivity contribution in [2.75, 3.05) is 25.5 Å². The van der Waals surface area contributed by atoms with Crippen molar-refractivity contribution in [3.63, 3.8) is 0 Å². The number of hydrogen-bond acceptors (Lipinski definition) is 3. The van der Waals surface area contributed by atoms with E-state index in [1.54, 1.807) is 0 Å². The van der Waals surface area contributed by atoms with E-state index in [1.807, 2.05) is 11.9 Å². The van der Waals surface area contributed by atoms with Crippen LogP contribution in [-0.4, -0.2) is 37.0 Å². The molecular weight excluding hydrogens is 264 g/mol. The zero-order chi connectivity index (χ0) is 14.7. The van der Waals surface area contributed by atoms with Crippen LogP contribution in [0.15, 0.2) is 18.2 Å². The molecule has 0 aliphatic heterocycles. The molecule has 0 saturated heterocycles. The Morgan fingerprint density at radius 1 is 1.50 bits per heavy atom. The number of rotatable bonds is 6. The molecule has 1 aromatic rings. The van der Waals surface area contributed by atoms with E-state index < -0.39 is 11.6 Å². The first-order valence-electron chi connectivity index (χ1n) is 6.66. The number of anilines is 1. The van der Waals surface area contributed by atoms with E-state index >= 15 is 0 Å². The minimum atomic E-state index is -0.779. The van der Waals surface area contributed by atoms with Crippen molar-refractivity contribution in [3.05, 3.63) is 29.8 Å². The van der Waals surface area contributed by atoms with Gasteiger partial charge in [0.05, 0.1) is 12.2 Å². The number of hydrogen-bond donors (Lipinski definition) is 2. The van der Waals surface area contributed by atoms with Crippen LogP contribution in [0.2, 0.25) is 0 Å². The number of halogens is 2. The average Bonchev–Trinajstić information content (AvgIpc) is 3.18. The first-order chi connectivity index (χ1) is 9.51. The highest BCUT2D eigenvalue weighted by Crippen LogP contribution is 2.34. The van der Waals surface area contributed by atoms with Crippen LogP contribution in [0.4, 0.5) is 14.5 Å². The molecule has 0 heterocycles. The Morgan fingerprint density at radius 3 is 2.75 bits per heavy atom. The quantitative estimate of drug-likeness (QED) is 0.833. The number of carbonyl (C=O) groups is 1. The summed E-state index contributed by atoms with van der Waals surface area (Å²) in [6.45, 7) is 0.633. The number of benzene rings is 1. The number of nitrogens with one attached hydrogen (secondary N) is 1. The van der Waals surface area contributed by atoms with Gasteiger partial charge in [-0.1, -0.05) is 0 Å². The van der Waals surface area contributed by atoms with Gasteiger partial charge in [0.15, 0.2) is 0 Å². The third-order valence-electron chi connectivity index (χ3n) is 3.57. The molecule has 6 heteroatoms. The number of carbonyl (C=O) groups excluding carboxylic acids is 1. The van der Waals surface area contributed by atoms with Gasteiger partial charge in [-0.3, -0.25) is 9.69 Å². The summed E-state index contributed by atoms with van der Waals surface area (Å²) in [5, 5.41) is 2.44. The van der Waals surface area contributed by atoms with E-state index in [0.29, 0.717) is 12.5 Å². The lowest BCUT2D eigenvalue weighted by molar-refractivity contribution is -0.117. The van der Waals surface area contributed by atoms with Crippen LogP contribution in [-0.2, 0) is 4.79 Å². The second-order valence-corrected chi connectivity index (χ2v) is 5.23. The Hall–Kier alpha value is -1.53. The number of amides is 1. The molecule has 1 saturated carbocycles. The van der Waals surface area contributed by atoms with Crippen LogP contribution in [0, 0.1) is 17.6 Å². The second kappa shape index (κ2) is 6.28. The smallest absolute Gasteiger partial charge is 0.238 e. The molecule has 4 nitrogen and oxygen atoms in total. The van der Waals surface area contributed by atoms with Gasteiger partial charge in [0.2, 0.25) is 5.91 Å². The van der Waals surface area contributed by atoms with Crippen molar-refractivity contribution in [3.8, 4) is 0 Å². The molecule has 1 unspecified atom stereocenters. The first-order valence-corrected chi connectivity index (χ1v) is 6.66. The fourth-order valence-corrected chi connectivity index (χ4v) is 2.34. The zero-order valence-electron chi connectivity index (χ0n) is 11.4. The summed E-state index contributed by atoms with van der Waals surface area (Å²) in [6, 6.07) is 3.24. The third-order valence-corrected chi connectivity index (χ3v) is 3.57. The van der Waals surface area contributed by atoms with E-state index in [1.165, 1.54) is 6.07 Å². The summed E-state index contributed by atoms with van der Waals surface area (Å²) in [7, 11) is 1.83. The topological polar surface area (TPSA) is 58.4 Å². The average molecular weight is 283 g/mol. The highest BCUT2D eigenvalue weighted by atomic mass is 19.1. The van der Waals surface area contributed by atoms with Gasteiger partial charge in [-0.25, -0.2) is 8.78 Å². The minimum Gasteiger partial charge on any atom is -0.329 e. The molecule has 0 bridgehead atoms. The summed E-state index contributed by atoms with van der Waals surface area (Å²) >= 11 is 0. The highest BCUT2D eigenvalue weighted by molar-refractivity contribution is 5.92. The Morgan fingerprint density at radius 2 is 2.20 bits per heavy atom. The normalized spacial score (nSPS) is 16.2. The molecule has 3 N–H and O–H groups in total. The zero-order valence-corrected chi connectivity index (χ0v) is 11.4. The predicted octanol–water partition coefficient (Wildman–Crippen LogP) is 1.57. The van der Waals surface area contributed by atoms with Crippen LogP contribution in [0.25, 0.3) is 0 Å². The lowest BCUT2D eigenvalue weighted by Gasteiger charge is -2.26. The maximum atomic E-state index is 13.4. The lowest BCUT2D eigenvalue weighted by atomic mass is 10.1. The molecule has 0 aromatic heterocycles. The van der Waals surface area contributed by atoms with Crippen LogP contribution < -0.4 is 11.1 Å². The summed E-state index contributed by atoms with van der Waals surface area (Å²) in [6.07, 6.45) is 2.28. The van der Waals surface area contributed by atoms with Crippen LogP contribution in [0.5, 0.6) is 0 Å². The molecule has 0 spiro atoms. The number of nitrogens with zero attached hydrogens (tertiary/aromatic N) is 1. The molecule has 1 aliphatic rings. The van der Waals surface area contributed by atoms with Crippen LogP contribution >= 0.6 is 0 Å². The van der Waals surface area contributed by atoms with Crippen molar-refractivity contribution in [2.24, 2.45) is 11.7 Å². The first kappa shape index (κ1) is 14.9. The van der Waals surface area contributed by atoms with Gasteiger partial charge in [0.25, 0.3) is 0 Å². The molecule has 1 aliphatic carbocycles. The Labute approximate surface area is 116 Å². The molecule has 110 valence electrons. The largest absolute Gasteiger partial charge is 0.329 e. The fraction of sp³-hybridized carbons (Fsp3) is 0.500. The number of likely N-dealkylation sites (N-methyl/N-ethyl adjacent to an activating group) is 1. The van der Waals surface area contributed by atoms with Gasteiger partial charge < -0.3 is 11.1 Å². The Balaban J connectivity index is 1.91. The molecule has 1 fully saturated rings. The molecular formula is C14H19F2N3O. The maximum absolute atomic E-state index is 13.4. The Bertz CT molecular complexity index is 491. The van der Waals surface area contributed by atoms with E-state index in [9.17, 15) is 13.6 Å². The monoisotopic (exact) mass is 283 g/mol. The SMILES string of the molecule is CN(CC(=O)Nc1ccc(F)cc1F)C(CN)C1CC1. The molecule has 2 rings (SSSR count). The van der Waals surface area contributed by atoms with Gasteiger partial charge in [-0.2, -0.15) is 0 Å². The van der Waals surface area contributed by atoms with E-state index in [4.69, 9.17) is 5.73 Å².